The van der Waals surface area contributed by atoms with Crippen molar-refractivity contribution in [3.63, 3.8) is 0 Å². The Balaban J connectivity index is 0.000000315. The molecule has 0 bridgehead atoms. The standard InChI is InChI=1S/C12H11O2P.C5H11Cl/c13-15(14,11-7-3-1-4-8-11)12-9-5-2-6-10-12;1-2-3-4-5-6/h1-10H,(H,13,14);2-5H2,1H3. The van der Waals surface area contributed by atoms with Crippen LogP contribution >= 0.6 is 19.0 Å². The van der Waals surface area contributed by atoms with E-state index in [9.17, 15) is 9.46 Å². The predicted octanol–water partition coefficient (Wildman–Crippen LogP) is 4.32. The molecule has 2 aromatic carbocycles. The Hall–Kier alpha value is -1.08. The van der Waals surface area contributed by atoms with E-state index in [1.165, 1.54) is 19.3 Å². The average Bonchev–Trinajstić information content (AvgIpc) is 2.55. The maximum absolute atomic E-state index is 12.2. The molecule has 0 heterocycles. The summed E-state index contributed by atoms with van der Waals surface area (Å²) in [6.45, 7) is 2.17. The van der Waals surface area contributed by atoms with Gasteiger partial charge in [0.25, 0.3) is 7.37 Å². The summed E-state index contributed by atoms with van der Waals surface area (Å²) in [5.41, 5.74) is 0. The maximum Gasteiger partial charge on any atom is 0.258 e. The van der Waals surface area contributed by atoms with Crippen LogP contribution in [0.15, 0.2) is 60.7 Å². The highest BCUT2D eigenvalue weighted by molar-refractivity contribution is 7.73. The summed E-state index contributed by atoms with van der Waals surface area (Å²) in [7, 11) is -3.40. The predicted molar refractivity (Wildman–Crippen MR) is 92.2 cm³/mol. The number of hydrogen-bond donors (Lipinski definition) is 1. The van der Waals surface area contributed by atoms with Gasteiger partial charge in [-0.1, -0.05) is 56.2 Å². The molecule has 0 aliphatic heterocycles. The molecular weight excluding hydrogens is 303 g/mol. The smallest absolute Gasteiger partial charge is 0.258 e. The summed E-state index contributed by atoms with van der Waals surface area (Å²) < 4.78 is 12.2. The van der Waals surface area contributed by atoms with Crippen molar-refractivity contribution in [1.29, 1.82) is 0 Å². The summed E-state index contributed by atoms with van der Waals surface area (Å²) >= 11 is 5.38. The highest BCUT2D eigenvalue weighted by atomic mass is 35.5. The average molecular weight is 325 g/mol. The summed E-state index contributed by atoms with van der Waals surface area (Å²) in [5, 5.41) is 0.937. The van der Waals surface area contributed by atoms with Gasteiger partial charge in [-0.3, -0.25) is 4.57 Å². The summed E-state index contributed by atoms with van der Waals surface area (Å²) in [5.74, 6) is 0.827. The maximum atomic E-state index is 12.2. The molecule has 0 saturated carbocycles. The number of halogens is 1. The van der Waals surface area contributed by atoms with Gasteiger partial charge in [0, 0.05) is 16.5 Å². The minimum atomic E-state index is -3.40. The third-order valence-electron chi connectivity index (χ3n) is 2.95. The number of benzene rings is 2. The highest BCUT2D eigenvalue weighted by Gasteiger charge is 2.22. The van der Waals surface area contributed by atoms with E-state index in [2.05, 4.69) is 6.92 Å². The van der Waals surface area contributed by atoms with Crippen LogP contribution in [0.2, 0.25) is 0 Å². The fourth-order valence-electron chi connectivity index (χ4n) is 1.75. The molecule has 0 spiro atoms. The molecular formula is C17H22ClO2P. The molecule has 114 valence electrons. The highest BCUT2D eigenvalue weighted by Crippen LogP contribution is 2.37. The Morgan fingerprint density at radius 3 is 1.62 bits per heavy atom. The molecule has 0 atom stereocenters. The second-order valence-corrected chi connectivity index (χ2v) is 7.21. The first kappa shape index (κ1) is 18.0. The number of rotatable bonds is 5. The Kier molecular flexibility index (Phi) is 8.37. The minimum Gasteiger partial charge on any atom is -0.338 e. The zero-order valence-corrected chi connectivity index (χ0v) is 13.9. The van der Waals surface area contributed by atoms with Gasteiger partial charge in [0.1, 0.15) is 0 Å². The molecule has 0 aliphatic rings. The number of unbranched alkanes of at least 4 members (excludes halogenated alkanes) is 2. The molecule has 0 unspecified atom stereocenters. The van der Waals surface area contributed by atoms with Crippen LogP contribution in [0.3, 0.4) is 0 Å². The van der Waals surface area contributed by atoms with Crippen LogP contribution < -0.4 is 10.6 Å². The summed E-state index contributed by atoms with van der Waals surface area (Å²) in [6.07, 6.45) is 3.73. The van der Waals surface area contributed by atoms with Crippen LogP contribution in [-0.2, 0) is 4.57 Å². The van der Waals surface area contributed by atoms with Gasteiger partial charge in [0.2, 0.25) is 0 Å². The van der Waals surface area contributed by atoms with E-state index in [0.29, 0.717) is 10.6 Å². The summed E-state index contributed by atoms with van der Waals surface area (Å²) in [6, 6.07) is 17.4. The lowest BCUT2D eigenvalue weighted by atomic mass is 10.3. The van der Waals surface area contributed by atoms with Crippen LogP contribution in [0.5, 0.6) is 0 Å². The molecule has 0 aromatic heterocycles. The van der Waals surface area contributed by atoms with Crippen LogP contribution in [0.1, 0.15) is 26.2 Å². The first-order valence-corrected chi connectivity index (χ1v) is 9.32. The molecule has 2 aromatic rings. The van der Waals surface area contributed by atoms with E-state index in [4.69, 9.17) is 11.6 Å². The molecule has 2 rings (SSSR count). The lowest BCUT2D eigenvalue weighted by Gasteiger charge is -2.11. The van der Waals surface area contributed by atoms with Crippen molar-refractivity contribution in [1.82, 2.24) is 0 Å². The fourth-order valence-corrected chi connectivity index (χ4v) is 3.39. The van der Waals surface area contributed by atoms with Gasteiger partial charge in [0.05, 0.1) is 0 Å². The fraction of sp³-hybridized carbons (Fsp3) is 0.294. The molecule has 0 aliphatic carbocycles. The Morgan fingerprint density at radius 2 is 1.33 bits per heavy atom. The van der Waals surface area contributed by atoms with Crippen molar-refractivity contribution in [2.45, 2.75) is 26.2 Å². The molecule has 0 radical (unpaired) electrons. The SMILES string of the molecule is CCCCCCl.O=P(O)(c1ccccc1)c1ccccc1. The first-order valence-electron chi connectivity index (χ1n) is 7.13. The van der Waals surface area contributed by atoms with Gasteiger partial charge in [-0.05, 0) is 30.7 Å². The Morgan fingerprint density at radius 1 is 0.905 bits per heavy atom. The van der Waals surface area contributed by atoms with Crippen molar-refractivity contribution in [3.05, 3.63) is 60.7 Å². The zero-order valence-electron chi connectivity index (χ0n) is 12.3. The molecule has 1 N–H and O–H groups in total. The van der Waals surface area contributed by atoms with E-state index < -0.39 is 7.37 Å². The van der Waals surface area contributed by atoms with Crippen molar-refractivity contribution < 1.29 is 9.46 Å². The van der Waals surface area contributed by atoms with Gasteiger partial charge in [0.15, 0.2) is 0 Å². The summed E-state index contributed by atoms with van der Waals surface area (Å²) in [4.78, 5) is 10.0. The van der Waals surface area contributed by atoms with Crippen LogP contribution in [0, 0.1) is 0 Å². The third kappa shape index (κ3) is 6.05. The van der Waals surface area contributed by atoms with Crippen molar-refractivity contribution in [2.75, 3.05) is 5.88 Å². The van der Waals surface area contributed by atoms with E-state index in [1.54, 1.807) is 48.5 Å². The van der Waals surface area contributed by atoms with E-state index >= 15 is 0 Å². The lowest BCUT2D eigenvalue weighted by Crippen LogP contribution is -2.14. The number of alkyl halides is 1. The lowest BCUT2D eigenvalue weighted by molar-refractivity contribution is 0.501. The Bertz CT molecular complexity index is 496. The molecule has 0 saturated heterocycles. The minimum absolute atomic E-state index is 0.469. The van der Waals surface area contributed by atoms with Crippen LogP contribution in [0.25, 0.3) is 0 Å². The first-order chi connectivity index (χ1) is 10.1. The van der Waals surface area contributed by atoms with Crippen molar-refractivity contribution in [3.8, 4) is 0 Å². The van der Waals surface area contributed by atoms with Crippen molar-refractivity contribution in [2.24, 2.45) is 0 Å². The molecule has 21 heavy (non-hydrogen) atoms. The second kappa shape index (κ2) is 9.78. The van der Waals surface area contributed by atoms with Crippen LogP contribution in [-0.4, -0.2) is 10.8 Å². The molecule has 0 amide bonds. The number of hydrogen-bond acceptors (Lipinski definition) is 1. The van der Waals surface area contributed by atoms with Crippen molar-refractivity contribution >= 4 is 29.6 Å². The van der Waals surface area contributed by atoms with Crippen LogP contribution in [0.4, 0.5) is 0 Å². The van der Waals surface area contributed by atoms with Gasteiger partial charge in [-0.25, -0.2) is 0 Å². The molecule has 0 fully saturated rings. The van der Waals surface area contributed by atoms with Gasteiger partial charge < -0.3 is 4.89 Å². The normalized spacial score (nSPS) is 10.6. The van der Waals surface area contributed by atoms with Gasteiger partial charge >= 0.3 is 0 Å². The third-order valence-corrected chi connectivity index (χ3v) is 5.21. The zero-order chi connectivity index (χ0) is 15.6. The van der Waals surface area contributed by atoms with E-state index in [0.717, 1.165) is 5.88 Å². The quantitative estimate of drug-likeness (QED) is 0.505. The monoisotopic (exact) mass is 324 g/mol. The largest absolute Gasteiger partial charge is 0.338 e. The van der Waals surface area contributed by atoms with E-state index in [-0.39, 0.29) is 0 Å². The second-order valence-electron chi connectivity index (χ2n) is 4.64. The van der Waals surface area contributed by atoms with Gasteiger partial charge in [-0.2, -0.15) is 0 Å². The van der Waals surface area contributed by atoms with E-state index in [1.807, 2.05) is 12.1 Å². The Labute approximate surface area is 132 Å². The molecule has 2 nitrogen and oxygen atoms in total. The topological polar surface area (TPSA) is 37.3 Å². The molecule has 4 heteroatoms. The van der Waals surface area contributed by atoms with Gasteiger partial charge in [-0.15, -0.1) is 11.6 Å².